The van der Waals surface area contributed by atoms with Crippen molar-refractivity contribution in [2.24, 2.45) is 0 Å². The molecule has 0 fully saturated rings. The number of hydrogen-bond donors (Lipinski definition) is 0. The molecule has 11 aromatic rings. The lowest BCUT2D eigenvalue weighted by molar-refractivity contribution is 0.667. The number of pyridine rings is 1. The van der Waals surface area contributed by atoms with Gasteiger partial charge in [-0.25, -0.2) is 0 Å². The second kappa shape index (κ2) is 15.4. The average molecular weight is 797 g/mol. The Morgan fingerprint density at radius 1 is 0.344 bits per heavy atom. The van der Waals surface area contributed by atoms with Gasteiger partial charge >= 0.3 is 0 Å². The fourth-order valence-electron chi connectivity index (χ4n) is 9.22. The highest BCUT2D eigenvalue weighted by Crippen LogP contribution is 2.39. The minimum Gasteiger partial charge on any atom is -0.454 e. The molecule has 0 spiro atoms. The molecule has 11 rings (SSSR count). The number of anilines is 3. The van der Waals surface area contributed by atoms with Crippen LogP contribution in [0.4, 0.5) is 17.1 Å². The van der Waals surface area contributed by atoms with Crippen molar-refractivity contribution in [2.45, 2.75) is 0 Å². The van der Waals surface area contributed by atoms with Crippen molar-refractivity contribution in [3.8, 4) is 22.3 Å². The van der Waals surface area contributed by atoms with E-state index in [0.29, 0.717) is 0 Å². The van der Waals surface area contributed by atoms with Crippen LogP contribution in [-0.2, 0) is 0 Å². The van der Waals surface area contributed by atoms with Crippen LogP contribution in [-0.4, -0.2) is 13.1 Å². The van der Waals surface area contributed by atoms with Gasteiger partial charge in [0.05, 0.1) is 11.7 Å². The van der Waals surface area contributed by atoms with Crippen LogP contribution < -0.4 is 25.6 Å². The Balaban J connectivity index is 1.05. The van der Waals surface area contributed by atoms with Crippen LogP contribution in [0.15, 0.2) is 247 Å². The number of fused-ring (bicyclic) bond motifs is 5. The molecule has 0 N–H and O–H groups in total. The van der Waals surface area contributed by atoms with Crippen LogP contribution >= 0.6 is 0 Å². The van der Waals surface area contributed by atoms with Gasteiger partial charge in [0.1, 0.15) is 5.58 Å². The first-order chi connectivity index (χ1) is 30.2. The van der Waals surface area contributed by atoms with E-state index in [1.54, 1.807) is 0 Å². The van der Waals surface area contributed by atoms with Crippen molar-refractivity contribution >= 4 is 78.7 Å². The van der Waals surface area contributed by atoms with Gasteiger partial charge in [-0.15, -0.1) is 0 Å². The molecular formula is C57H40N2OSi. The fourth-order valence-corrected chi connectivity index (χ4v) is 14.0. The van der Waals surface area contributed by atoms with Crippen molar-refractivity contribution in [1.29, 1.82) is 0 Å². The Bertz CT molecular complexity index is 3180. The van der Waals surface area contributed by atoms with E-state index in [1.807, 2.05) is 18.3 Å². The number of nitrogens with zero attached hydrogens (tertiary/aromatic N) is 2. The van der Waals surface area contributed by atoms with Gasteiger partial charge < -0.3 is 9.32 Å². The summed E-state index contributed by atoms with van der Waals surface area (Å²) in [6, 6.07) is 85.8. The summed E-state index contributed by atoms with van der Waals surface area (Å²) in [6.45, 7) is 0. The van der Waals surface area contributed by atoms with Crippen LogP contribution in [0.5, 0.6) is 0 Å². The van der Waals surface area contributed by atoms with Crippen LogP contribution in [0.3, 0.4) is 0 Å². The number of benzene rings is 9. The first-order valence-electron chi connectivity index (χ1n) is 20.8. The van der Waals surface area contributed by atoms with Crippen molar-refractivity contribution in [3.63, 3.8) is 0 Å². The molecule has 0 saturated carbocycles. The highest BCUT2D eigenvalue weighted by atomic mass is 28.3. The van der Waals surface area contributed by atoms with Gasteiger partial charge in [0.25, 0.3) is 0 Å². The van der Waals surface area contributed by atoms with Gasteiger partial charge in [0.2, 0.25) is 0 Å². The summed E-state index contributed by atoms with van der Waals surface area (Å²) in [4.78, 5) is 7.24. The van der Waals surface area contributed by atoms with Crippen molar-refractivity contribution in [3.05, 3.63) is 243 Å². The van der Waals surface area contributed by atoms with E-state index in [2.05, 4.69) is 229 Å². The summed E-state index contributed by atoms with van der Waals surface area (Å²) in [5.41, 5.74) is 10.5. The summed E-state index contributed by atoms with van der Waals surface area (Å²) in [6.07, 6.45) is 1.85. The normalized spacial score (nSPS) is 11.6. The molecule has 9 aromatic carbocycles. The van der Waals surface area contributed by atoms with Crippen LogP contribution in [0, 0.1) is 0 Å². The maximum Gasteiger partial charge on any atom is 0.179 e. The SMILES string of the molecule is c1ccc(-c2ccc(N(c3ccc([Si](c4ccccc4)(c4ccccc4)c4ccccc4)cc3)c3cccc(-c4ccc5c(c4)ncc4oc6ccccc6c45)c3)cc2)cc1. The van der Waals surface area contributed by atoms with Gasteiger partial charge in [-0.3, -0.25) is 4.98 Å². The lowest BCUT2D eigenvalue weighted by atomic mass is 10.0. The first-order valence-corrected chi connectivity index (χ1v) is 22.8. The third kappa shape index (κ3) is 6.42. The largest absolute Gasteiger partial charge is 0.454 e. The molecule has 61 heavy (non-hydrogen) atoms. The van der Waals surface area contributed by atoms with Gasteiger partial charge in [-0.1, -0.05) is 188 Å². The van der Waals surface area contributed by atoms with Crippen LogP contribution in [0.25, 0.3) is 55.1 Å². The molecule has 0 bridgehead atoms. The van der Waals surface area contributed by atoms with Gasteiger partial charge in [-0.2, -0.15) is 0 Å². The number of aromatic nitrogens is 1. The molecule has 4 heteroatoms. The number of para-hydroxylation sites is 1. The minimum atomic E-state index is -2.70. The van der Waals surface area contributed by atoms with E-state index in [4.69, 9.17) is 9.40 Å². The summed E-state index contributed by atoms with van der Waals surface area (Å²) < 4.78 is 6.16. The van der Waals surface area contributed by atoms with E-state index in [9.17, 15) is 0 Å². The molecule has 0 saturated heterocycles. The lowest BCUT2D eigenvalue weighted by Gasteiger charge is -2.35. The van der Waals surface area contributed by atoms with Crippen molar-refractivity contribution < 1.29 is 4.42 Å². The predicted molar refractivity (Wildman–Crippen MR) is 258 cm³/mol. The Kier molecular flexibility index (Phi) is 9.18. The van der Waals surface area contributed by atoms with Crippen molar-refractivity contribution in [1.82, 2.24) is 4.98 Å². The van der Waals surface area contributed by atoms with Gasteiger partial charge in [-0.05, 0) is 91.5 Å². The average Bonchev–Trinajstić information content (AvgIpc) is 3.73. The van der Waals surface area contributed by atoms with Crippen LogP contribution in [0.1, 0.15) is 0 Å². The zero-order valence-corrected chi connectivity index (χ0v) is 34.4. The molecule has 0 aliphatic heterocycles. The minimum absolute atomic E-state index is 0.805. The standard InChI is InChI=1S/C57H40N2OSi/c1-5-16-41(17-6-1)42-28-31-45(32-29-42)59(47-19-15-18-43(38-47)44-30-37-52-54(39-44)58-40-56-57(52)53-26-13-14-27-55(53)60-56)46-33-35-51(36-34-46)61(48-20-7-2-8-21-48,49-22-9-3-10-23-49)50-24-11-4-12-25-50/h1-40H. The molecule has 0 amide bonds. The zero-order valence-electron chi connectivity index (χ0n) is 33.4. The molecule has 0 unspecified atom stereocenters. The second-order valence-corrected chi connectivity index (χ2v) is 19.3. The molecule has 288 valence electrons. The van der Waals surface area contributed by atoms with Gasteiger partial charge in [0, 0.05) is 33.2 Å². The molecule has 2 aromatic heterocycles. The predicted octanol–water partition coefficient (Wildman–Crippen LogP) is 12.3. The van der Waals surface area contributed by atoms with E-state index < -0.39 is 8.07 Å². The number of rotatable bonds is 9. The second-order valence-electron chi connectivity index (χ2n) is 15.5. The molecule has 3 nitrogen and oxygen atoms in total. The lowest BCUT2D eigenvalue weighted by Crippen LogP contribution is -2.74. The number of hydrogen-bond acceptors (Lipinski definition) is 3. The molecule has 0 atom stereocenters. The van der Waals surface area contributed by atoms with Crippen molar-refractivity contribution in [2.75, 3.05) is 4.90 Å². The van der Waals surface area contributed by atoms with Gasteiger partial charge in [0.15, 0.2) is 13.7 Å². The smallest absolute Gasteiger partial charge is 0.179 e. The highest BCUT2D eigenvalue weighted by Gasteiger charge is 2.41. The monoisotopic (exact) mass is 796 g/mol. The Morgan fingerprint density at radius 3 is 1.48 bits per heavy atom. The molecule has 0 aliphatic rings. The summed E-state index contributed by atoms with van der Waals surface area (Å²) in [7, 11) is -2.70. The maximum atomic E-state index is 6.16. The molecule has 0 radical (unpaired) electrons. The topological polar surface area (TPSA) is 29.3 Å². The van der Waals surface area contributed by atoms with Crippen LogP contribution in [0.2, 0.25) is 0 Å². The third-order valence-corrected chi connectivity index (χ3v) is 16.9. The quantitative estimate of drug-likeness (QED) is 0.108. The van der Waals surface area contributed by atoms with E-state index in [1.165, 1.54) is 31.9 Å². The highest BCUT2D eigenvalue weighted by molar-refractivity contribution is 7.19. The molecule has 2 heterocycles. The Morgan fingerprint density at radius 2 is 0.836 bits per heavy atom. The molecule has 0 aliphatic carbocycles. The fraction of sp³-hybridized carbons (Fsp3) is 0. The van der Waals surface area contributed by atoms with E-state index >= 15 is 0 Å². The summed E-state index contributed by atoms with van der Waals surface area (Å²) in [5.74, 6) is 0. The Labute approximate surface area is 356 Å². The number of furan rings is 1. The summed E-state index contributed by atoms with van der Waals surface area (Å²) in [5, 5.41) is 8.69. The van der Waals surface area contributed by atoms with E-state index in [0.717, 1.165) is 61.0 Å². The zero-order chi connectivity index (χ0) is 40.6. The molecular weight excluding hydrogens is 757 g/mol. The maximum absolute atomic E-state index is 6.16. The Hall–Kier alpha value is -7.79. The first kappa shape index (κ1) is 36.3. The third-order valence-electron chi connectivity index (χ3n) is 12.1. The summed E-state index contributed by atoms with van der Waals surface area (Å²) >= 11 is 0. The van der Waals surface area contributed by atoms with E-state index in [-0.39, 0.29) is 0 Å².